The third kappa shape index (κ3) is 3.47. The van der Waals surface area contributed by atoms with Gasteiger partial charge in [0.1, 0.15) is 31.2 Å². The van der Waals surface area contributed by atoms with Crippen LogP contribution in [0.3, 0.4) is 0 Å². The highest BCUT2D eigenvalue weighted by atomic mass is 16.6. The quantitative estimate of drug-likeness (QED) is 0.632. The number of aliphatic hydroxyl groups excluding tert-OH is 2. The summed E-state index contributed by atoms with van der Waals surface area (Å²) in [6.45, 7) is 1.13. The van der Waals surface area contributed by atoms with Gasteiger partial charge in [0, 0.05) is 13.0 Å². The number of hydrogen-bond acceptors (Lipinski definition) is 9. The van der Waals surface area contributed by atoms with Gasteiger partial charge in [-0.15, -0.1) is 0 Å². The average Bonchev–Trinajstić information content (AvgIpc) is 3.36. The minimum absolute atomic E-state index is 0.139. The first-order valence-corrected chi connectivity index (χ1v) is 9.13. The SMILES string of the molecule is CC(=O)OC[C@H]1O[C@@H](n2cnc3c(NC4CCCC4)ncnc32)[C@H](O)[C@@H]1O. The summed E-state index contributed by atoms with van der Waals surface area (Å²) in [6, 6.07) is 0.372. The first-order valence-electron chi connectivity index (χ1n) is 9.13. The van der Waals surface area contributed by atoms with E-state index < -0.39 is 30.5 Å². The highest BCUT2D eigenvalue weighted by molar-refractivity contribution is 5.82. The van der Waals surface area contributed by atoms with Crippen molar-refractivity contribution in [1.29, 1.82) is 0 Å². The van der Waals surface area contributed by atoms with Crippen molar-refractivity contribution in [2.24, 2.45) is 0 Å². The lowest BCUT2D eigenvalue weighted by Crippen LogP contribution is -2.34. The molecule has 0 aromatic carbocycles. The van der Waals surface area contributed by atoms with Crippen molar-refractivity contribution < 1.29 is 24.5 Å². The smallest absolute Gasteiger partial charge is 0.302 e. The Labute approximate surface area is 155 Å². The molecule has 3 heterocycles. The standard InChI is InChI=1S/C17H23N5O5/c1-9(23)26-6-11-13(24)14(25)17(27-11)22-8-20-12-15(18-7-19-16(12)22)21-10-4-2-3-5-10/h7-8,10-11,13-14,17,24-25H,2-6H2,1H3,(H,18,19,21)/t11-,13-,14-,17-/m1/s1. The number of carbonyl (C=O) groups excluding carboxylic acids is 1. The van der Waals surface area contributed by atoms with E-state index in [0.717, 1.165) is 12.8 Å². The number of nitrogens with one attached hydrogen (secondary N) is 1. The van der Waals surface area contributed by atoms with Crippen molar-refractivity contribution in [1.82, 2.24) is 19.5 Å². The molecule has 2 fully saturated rings. The number of aliphatic hydroxyl groups is 2. The van der Waals surface area contributed by atoms with Gasteiger partial charge in [0.2, 0.25) is 0 Å². The first kappa shape index (κ1) is 18.1. The molecule has 3 N–H and O–H groups in total. The summed E-state index contributed by atoms with van der Waals surface area (Å²) in [5.74, 6) is 0.169. The highest BCUT2D eigenvalue weighted by Gasteiger charge is 2.44. The van der Waals surface area contributed by atoms with E-state index in [1.807, 2.05) is 0 Å². The maximum Gasteiger partial charge on any atom is 0.302 e. The maximum atomic E-state index is 11.0. The number of fused-ring (bicyclic) bond motifs is 1. The second kappa shape index (κ2) is 7.37. The van der Waals surface area contributed by atoms with E-state index in [9.17, 15) is 15.0 Å². The van der Waals surface area contributed by atoms with E-state index in [0.29, 0.717) is 23.0 Å². The summed E-state index contributed by atoms with van der Waals surface area (Å²) < 4.78 is 12.2. The molecule has 10 nitrogen and oxygen atoms in total. The Morgan fingerprint density at radius 1 is 1.30 bits per heavy atom. The van der Waals surface area contributed by atoms with Gasteiger partial charge >= 0.3 is 5.97 Å². The number of ether oxygens (including phenoxy) is 2. The summed E-state index contributed by atoms with van der Waals surface area (Å²) >= 11 is 0. The van der Waals surface area contributed by atoms with Crippen LogP contribution in [0, 0.1) is 0 Å². The number of nitrogens with zero attached hydrogens (tertiary/aromatic N) is 4. The van der Waals surface area contributed by atoms with E-state index in [4.69, 9.17) is 9.47 Å². The second-order valence-corrected chi connectivity index (χ2v) is 7.02. The molecular formula is C17H23N5O5. The van der Waals surface area contributed by atoms with Crippen LogP contribution in [0.15, 0.2) is 12.7 Å². The molecule has 2 aromatic rings. The van der Waals surface area contributed by atoms with Gasteiger partial charge in [-0.2, -0.15) is 0 Å². The van der Waals surface area contributed by atoms with E-state index >= 15 is 0 Å². The van der Waals surface area contributed by atoms with Crippen LogP contribution < -0.4 is 5.32 Å². The third-order valence-electron chi connectivity index (χ3n) is 5.12. The molecule has 0 unspecified atom stereocenters. The van der Waals surface area contributed by atoms with E-state index in [-0.39, 0.29) is 6.61 Å². The second-order valence-electron chi connectivity index (χ2n) is 7.02. The Kier molecular flexibility index (Phi) is 4.94. The van der Waals surface area contributed by atoms with Crippen LogP contribution in [0.5, 0.6) is 0 Å². The molecule has 0 spiro atoms. The van der Waals surface area contributed by atoms with Crippen LogP contribution in [-0.2, 0) is 14.3 Å². The zero-order valence-corrected chi connectivity index (χ0v) is 15.0. The fourth-order valence-corrected chi connectivity index (χ4v) is 3.70. The Bertz CT molecular complexity index is 821. The highest BCUT2D eigenvalue weighted by Crippen LogP contribution is 2.33. The fourth-order valence-electron chi connectivity index (χ4n) is 3.70. The molecule has 0 bridgehead atoms. The molecule has 1 aliphatic heterocycles. The normalized spacial score (nSPS) is 28.7. The predicted octanol–water partition coefficient (Wildman–Crippen LogP) is 0.363. The molecule has 2 aromatic heterocycles. The minimum atomic E-state index is -1.20. The number of aromatic nitrogens is 4. The average molecular weight is 377 g/mol. The lowest BCUT2D eigenvalue weighted by atomic mass is 10.1. The predicted molar refractivity (Wildman–Crippen MR) is 93.8 cm³/mol. The summed E-state index contributed by atoms with van der Waals surface area (Å²) in [4.78, 5) is 23.9. The van der Waals surface area contributed by atoms with Crippen LogP contribution in [0.4, 0.5) is 5.82 Å². The molecule has 27 heavy (non-hydrogen) atoms. The van der Waals surface area contributed by atoms with Crippen molar-refractivity contribution >= 4 is 23.0 Å². The first-order chi connectivity index (χ1) is 13.0. The molecule has 1 saturated carbocycles. The number of rotatable bonds is 5. The molecule has 1 saturated heterocycles. The van der Waals surface area contributed by atoms with Gasteiger partial charge in [-0.3, -0.25) is 9.36 Å². The van der Waals surface area contributed by atoms with Crippen LogP contribution >= 0.6 is 0 Å². The summed E-state index contributed by atoms with van der Waals surface area (Å²) in [7, 11) is 0. The van der Waals surface area contributed by atoms with Crippen molar-refractivity contribution in [2.75, 3.05) is 11.9 Å². The molecule has 10 heteroatoms. The number of hydrogen-bond donors (Lipinski definition) is 3. The summed E-state index contributed by atoms with van der Waals surface area (Å²) in [5, 5.41) is 24.0. The molecule has 146 valence electrons. The van der Waals surface area contributed by atoms with Crippen LogP contribution in [0.25, 0.3) is 11.2 Å². The van der Waals surface area contributed by atoms with Crippen LogP contribution in [0.1, 0.15) is 38.8 Å². The molecule has 0 amide bonds. The molecule has 4 rings (SSSR count). The number of imidazole rings is 1. The van der Waals surface area contributed by atoms with Crippen molar-refractivity contribution in [3.8, 4) is 0 Å². The third-order valence-corrected chi connectivity index (χ3v) is 5.12. The van der Waals surface area contributed by atoms with Gasteiger partial charge < -0.3 is 25.0 Å². The monoisotopic (exact) mass is 377 g/mol. The molecule has 1 aliphatic carbocycles. The topological polar surface area (TPSA) is 132 Å². The molecular weight excluding hydrogens is 354 g/mol. The Morgan fingerprint density at radius 2 is 2.07 bits per heavy atom. The van der Waals surface area contributed by atoms with Gasteiger partial charge in [-0.25, -0.2) is 15.0 Å². The largest absolute Gasteiger partial charge is 0.463 e. The number of carbonyl (C=O) groups is 1. The van der Waals surface area contributed by atoms with Crippen LogP contribution in [0.2, 0.25) is 0 Å². The fraction of sp³-hybridized carbons (Fsp3) is 0.647. The summed E-state index contributed by atoms with van der Waals surface area (Å²) in [5.41, 5.74) is 1.08. The number of esters is 1. The molecule has 0 radical (unpaired) electrons. The lowest BCUT2D eigenvalue weighted by molar-refractivity contribution is -0.147. The van der Waals surface area contributed by atoms with Gasteiger partial charge in [-0.05, 0) is 12.8 Å². The minimum Gasteiger partial charge on any atom is -0.463 e. The van der Waals surface area contributed by atoms with Gasteiger partial charge in [0.05, 0.1) is 6.33 Å². The van der Waals surface area contributed by atoms with E-state index in [2.05, 4.69) is 20.3 Å². The van der Waals surface area contributed by atoms with Gasteiger partial charge in [0.15, 0.2) is 23.2 Å². The van der Waals surface area contributed by atoms with Gasteiger partial charge in [-0.1, -0.05) is 12.8 Å². The lowest BCUT2D eigenvalue weighted by Gasteiger charge is -2.17. The van der Waals surface area contributed by atoms with Crippen molar-refractivity contribution in [2.45, 2.75) is 63.2 Å². The Hall–Kier alpha value is -2.30. The molecule has 4 atom stereocenters. The maximum absolute atomic E-state index is 11.0. The van der Waals surface area contributed by atoms with E-state index in [1.165, 1.54) is 32.4 Å². The van der Waals surface area contributed by atoms with Crippen molar-refractivity contribution in [3.05, 3.63) is 12.7 Å². The van der Waals surface area contributed by atoms with Crippen LogP contribution in [-0.4, -0.2) is 66.7 Å². The molecule has 2 aliphatic rings. The van der Waals surface area contributed by atoms with Crippen molar-refractivity contribution in [3.63, 3.8) is 0 Å². The van der Waals surface area contributed by atoms with E-state index in [1.54, 1.807) is 4.57 Å². The summed E-state index contributed by atoms with van der Waals surface area (Å²) in [6.07, 6.45) is 3.42. The zero-order valence-electron chi connectivity index (χ0n) is 15.0. The zero-order chi connectivity index (χ0) is 19.0. The Morgan fingerprint density at radius 3 is 2.81 bits per heavy atom. The Balaban J connectivity index is 1.57. The number of anilines is 1. The van der Waals surface area contributed by atoms with Gasteiger partial charge in [0.25, 0.3) is 0 Å².